The summed E-state index contributed by atoms with van der Waals surface area (Å²) in [5, 5.41) is 2.22. The summed E-state index contributed by atoms with van der Waals surface area (Å²) in [6, 6.07) is 15.9. The summed E-state index contributed by atoms with van der Waals surface area (Å²) < 4.78 is 6.77. The number of rotatable bonds is 13. The molecule has 3 aromatic rings. The fourth-order valence-corrected chi connectivity index (χ4v) is 7.58. The molecule has 1 saturated carbocycles. The third-order valence-corrected chi connectivity index (χ3v) is 9.46. The normalized spacial score (nSPS) is 19.7. The first-order valence-corrected chi connectivity index (χ1v) is 15.6. The number of hydrogen-bond donors (Lipinski definition) is 0. The maximum absolute atomic E-state index is 6.77. The van der Waals surface area contributed by atoms with Gasteiger partial charge in [-0.15, -0.1) is 11.3 Å². The van der Waals surface area contributed by atoms with Gasteiger partial charge in [0, 0.05) is 30.4 Å². The summed E-state index contributed by atoms with van der Waals surface area (Å²) in [6.45, 7) is 12.8. The molecule has 1 aliphatic carbocycles. The molecule has 0 radical (unpaired) electrons. The molecule has 38 heavy (non-hydrogen) atoms. The van der Waals surface area contributed by atoms with Gasteiger partial charge in [-0.2, -0.15) is 0 Å². The Morgan fingerprint density at radius 2 is 1.47 bits per heavy atom. The van der Waals surface area contributed by atoms with Crippen molar-refractivity contribution in [2.45, 2.75) is 71.9 Å². The number of aromatic nitrogens is 1. The molecular weight excluding hydrogens is 488 g/mol. The minimum Gasteiger partial charge on any atom is -0.423 e. The number of benzene rings is 1. The van der Waals surface area contributed by atoms with Crippen LogP contribution in [0.2, 0.25) is 0 Å². The highest BCUT2D eigenvalue weighted by Gasteiger charge is 2.38. The van der Waals surface area contributed by atoms with Crippen molar-refractivity contribution in [3.05, 3.63) is 69.9 Å². The predicted octanol–water partition coefficient (Wildman–Crippen LogP) is 7.67. The van der Waals surface area contributed by atoms with Crippen molar-refractivity contribution in [3.63, 3.8) is 0 Å². The topological polar surface area (TPSA) is 35.8 Å². The van der Waals surface area contributed by atoms with Crippen molar-refractivity contribution in [3.8, 4) is 0 Å². The van der Waals surface area contributed by atoms with Crippen LogP contribution >= 0.6 is 11.3 Å². The average Bonchev–Trinajstić information content (AvgIpc) is 3.60. The summed E-state index contributed by atoms with van der Waals surface area (Å²) in [5.74, 6) is 3.14. The lowest BCUT2D eigenvalue weighted by atomic mass is 9.74. The Hall–Kier alpha value is -2.15. The molecule has 0 amide bonds. The highest BCUT2D eigenvalue weighted by atomic mass is 32.1. The second-order valence-electron chi connectivity index (χ2n) is 10.9. The van der Waals surface area contributed by atoms with Gasteiger partial charge < -0.3 is 14.2 Å². The Morgan fingerprint density at radius 3 is 2.00 bits per heavy atom. The van der Waals surface area contributed by atoms with Gasteiger partial charge in [0.15, 0.2) is 0 Å². The quantitative estimate of drug-likeness (QED) is 0.224. The molecule has 0 N–H and O–H groups in total. The number of oxazole rings is 1. The zero-order valence-corrected chi connectivity index (χ0v) is 25.2. The van der Waals surface area contributed by atoms with Gasteiger partial charge in [-0.05, 0) is 95.6 Å². The summed E-state index contributed by atoms with van der Waals surface area (Å²) in [5.41, 5.74) is 2.36. The van der Waals surface area contributed by atoms with E-state index in [2.05, 4.69) is 104 Å². The molecule has 2 atom stereocenters. The standard InChI is InChI=1S/C32H48N4OS/c1-7-35(8-2)30(26-20-18-25(19-21-26)29(34(5)6)28-17-14-22-38-28)31-33-27(23-24-15-12-11-13-16-24)32(37-31)36(9-3)10-4/h11-17,22,25-26,29-30H,7-10,18-21,23H2,1-6H3. The molecule has 0 saturated heterocycles. The van der Waals surface area contributed by atoms with E-state index in [9.17, 15) is 0 Å². The highest BCUT2D eigenvalue weighted by Crippen LogP contribution is 2.46. The van der Waals surface area contributed by atoms with Crippen LogP contribution in [0.15, 0.2) is 52.3 Å². The van der Waals surface area contributed by atoms with Crippen molar-refractivity contribution in [1.82, 2.24) is 14.8 Å². The molecular formula is C32H48N4OS. The number of thiophene rings is 1. The zero-order valence-electron chi connectivity index (χ0n) is 24.4. The molecule has 1 aliphatic rings. The van der Waals surface area contributed by atoms with Crippen molar-refractivity contribution >= 4 is 17.2 Å². The number of anilines is 1. The lowest BCUT2D eigenvalue weighted by molar-refractivity contribution is 0.0745. The molecule has 1 fully saturated rings. The second kappa shape index (κ2) is 13.8. The van der Waals surface area contributed by atoms with Crippen LogP contribution in [0.3, 0.4) is 0 Å². The van der Waals surface area contributed by atoms with Crippen molar-refractivity contribution in [1.29, 1.82) is 0 Å². The van der Waals surface area contributed by atoms with E-state index in [-0.39, 0.29) is 6.04 Å². The lowest BCUT2D eigenvalue weighted by Crippen LogP contribution is -2.37. The van der Waals surface area contributed by atoms with E-state index >= 15 is 0 Å². The second-order valence-corrected chi connectivity index (χ2v) is 11.9. The molecule has 0 spiro atoms. The molecule has 0 aliphatic heterocycles. The molecule has 2 unspecified atom stereocenters. The van der Waals surface area contributed by atoms with Crippen LogP contribution in [-0.2, 0) is 6.42 Å². The zero-order chi connectivity index (χ0) is 27.1. The van der Waals surface area contributed by atoms with Crippen molar-refractivity contribution in [2.75, 3.05) is 45.2 Å². The Bertz CT molecular complexity index is 1060. The van der Waals surface area contributed by atoms with E-state index in [4.69, 9.17) is 9.40 Å². The molecule has 0 bridgehead atoms. The molecule has 2 aromatic heterocycles. The van der Waals surface area contributed by atoms with E-state index in [1.54, 1.807) is 0 Å². The average molecular weight is 537 g/mol. The molecule has 4 rings (SSSR count). The van der Waals surface area contributed by atoms with Gasteiger partial charge in [0.05, 0.1) is 6.04 Å². The Labute approximate surface area is 234 Å². The van der Waals surface area contributed by atoms with Gasteiger partial charge in [-0.3, -0.25) is 4.90 Å². The van der Waals surface area contributed by atoms with Crippen LogP contribution in [0.25, 0.3) is 0 Å². The Balaban J connectivity index is 1.61. The van der Waals surface area contributed by atoms with E-state index in [1.165, 1.54) is 36.1 Å². The van der Waals surface area contributed by atoms with Crippen molar-refractivity contribution in [2.24, 2.45) is 11.8 Å². The Morgan fingerprint density at radius 1 is 0.842 bits per heavy atom. The molecule has 5 nitrogen and oxygen atoms in total. The fourth-order valence-electron chi connectivity index (χ4n) is 6.57. The largest absolute Gasteiger partial charge is 0.423 e. The van der Waals surface area contributed by atoms with E-state index in [0.29, 0.717) is 17.9 Å². The minimum atomic E-state index is 0.226. The van der Waals surface area contributed by atoms with E-state index < -0.39 is 0 Å². The molecule has 2 heterocycles. The van der Waals surface area contributed by atoms with Gasteiger partial charge >= 0.3 is 0 Å². The SMILES string of the molecule is CCN(CC)c1oc(C(C2CCC(C(c3cccs3)N(C)C)CC2)N(CC)CC)nc1Cc1ccccc1. The van der Waals surface area contributed by atoms with Crippen LogP contribution < -0.4 is 4.90 Å². The van der Waals surface area contributed by atoms with Gasteiger partial charge in [-0.25, -0.2) is 4.98 Å². The lowest BCUT2D eigenvalue weighted by Gasteiger charge is -2.41. The summed E-state index contributed by atoms with van der Waals surface area (Å²) in [6.07, 6.45) is 5.75. The smallest absolute Gasteiger partial charge is 0.219 e. The predicted molar refractivity (Wildman–Crippen MR) is 161 cm³/mol. The highest BCUT2D eigenvalue weighted by molar-refractivity contribution is 7.10. The number of hydrogen-bond acceptors (Lipinski definition) is 6. The third kappa shape index (κ3) is 6.52. The van der Waals surface area contributed by atoms with Gasteiger partial charge in [0.2, 0.25) is 11.8 Å². The summed E-state index contributed by atoms with van der Waals surface area (Å²) in [7, 11) is 4.48. The summed E-state index contributed by atoms with van der Waals surface area (Å²) >= 11 is 1.90. The van der Waals surface area contributed by atoms with Crippen LogP contribution in [-0.4, -0.2) is 55.1 Å². The summed E-state index contributed by atoms with van der Waals surface area (Å²) in [4.78, 5) is 14.1. The molecule has 1 aromatic carbocycles. The third-order valence-electron chi connectivity index (χ3n) is 8.52. The van der Waals surface area contributed by atoms with Crippen molar-refractivity contribution < 1.29 is 4.42 Å². The van der Waals surface area contributed by atoms with Gasteiger partial charge in [-0.1, -0.05) is 50.2 Å². The maximum Gasteiger partial charge on any atom is 0.219 e. The fraction of sp³-hybridized carbons (Fsp3) is 0.594. The van der Waals surface area contributed by atoms with Crippen LogP contribution in [0.5, 0.6) is 0 Å². The Kier molecular flexibility index (Phi) is 10.5. The maximum atomic E-state index is 6.77. The first-order chi connectivity index (χ1) is 18.5. The van der Waals surface area contributed by atoms with Crippen LogP contribution in [0.4, 0.5) is 5.88 Å². The first-order valence-electron chi connectivity index (χ1n) is 14.7. The monoisotopic (exact) mass is 536 g/mol. The number of nitrogens with zero attached hydrogens (tertiary/aromatic N) is 4. The first kappa shape index (κ1) is 28.8. The van der Waals surface area contributed by atoms with Gasteiger partial charge in [0.1, 0.15) is 5.69 Å². The molecule has 6 heteroatoms. The minimum absolute atomic E-state index is 0.226. The van der Waals surface area contributed by atoms with E-state index in [0.717, 1.165) is 50.1 Å². The molecule has 208 valence electrons. The van der Waals surface area contributed by atoms with Gasteiger partial charge in [0.25, 0.3) is 0 Å². The van der Waals surface area contributed by atoms with Crippen LogP contribution in [0, 0.1) is 11.8 Å². The van der Waals surface area contributed by atoms with E-state index in [1.807, 2.05) is 11.3 Å². The van der Waals surface area contributed by atoms with Crippen LogP contribution in [0.1, 0.15) is 87.5 Å².